The standard InChI is InChI=1S/C20H29N3O2/c1-4-22-10-5-11-23(13-12-22)20(25)18-8-6-17(7-9-18)15-21-19(24)14-16(2)3/h6-9,14H,4-5,10-13,15H2,1-3H3,(H,21,24). The molecule has 1 aliphatic rings. The average Bonchev–Trinajstić information content (AvgIpc) is 2.85. The van der Waals surface area contributed by atoms with E-state index < -0.39 is 0 Å². The third kappa shape index (κ3) is 6.02. The van der Waals surface area contributed by atoms with Gasteiger partial charge in [0.15, 0.2) is 0 Å². The molecule has 136 valence electrons. The lowest BCUT2D eigenvalue weighted by Crippen LogP contribution is -2.35. The molecule has 5 nitrogen and oxygen atoms in total. The first-order valence-electron chi connectivity index (χ1n) is 9.03. The third-order valence-corrected chi connectivity index (χ3v) is 4.41. The molecule has 0 saturated carbocycles. The van der Waals surface area contributed by atoms with E-state index in [1.165, 1.54) is 0 Å². The summed E-state index contributed by atoms with van der Waals surface area (Å²) in [5.41, 5.74) is 2.67. The summed E-state index contributed by atoms with van der Waals surface area (Å²) < 4.78 is 0. The van der Waals surface area contributed by atoms with Crippen molar-refractivity contribution in [1.82, 2.24) is 15.1 Å². The summed E-state index contributed by atoms with van der Waals surface area (Å²) >= 11 is 0. The van der Waals surface area contributed by atoms with Crippen molar-refractivity contribution >= 4 is 11.8 Å². The number of likely N-dealkylation sites (N-methyl/N-ethyl adjacent to an activating group) is 1. The van der Waals surface area contributed by atoms with Gasteiger partial charge in [-0.1, -0.05) is 24.6 Å². The van der Waals surface area contributed by atoms with E-state index in [2.05, 4.69) is 17.1 Å². The first kappa shape index (κ1) is 19.2. The quantitative estimate of drug-likeness (QED) is 0.836. The molecule has 0 unspecified atom stereocenters. The number of carbonyl (C=O) groups is 2. The smallest absolute Gasteiger partial charge is 0.253 e. The zero-order valence-corrected chi connectivity index (χ0v) is 15.5. The molecule has 0 atom stereocenters. The number of benzene rings is 1. The van der Waals surface area contributed by atoms with Gasteiger partial charge in [0.25, 0.3) is 5.91 Å². The van der Waals surface area contributed by atoms with Crippen molar-refractivity contribution in [2.45, 2.75) is 33.7 Å². The second kappa shape index (κ2) is 9.37. The van der Waals surface area contributed by atoms with Gasteiger partial charge < -0.3 is 15.1 Å². The molecule has 1 N–H and O–H groups in total. The highest BCUT2D eigenvalue weighted by Crippen LogP contribution is 2.11. The van der Waals surface area contributed by atoms with Crippen molar-refractivity contribution in [2.24, 2.45) is 0 Å². The average molecular weight is 343 g/mol. The van der Waals surface area contributed by atoms with Crippen LogP contribution in [0, 0.1) is 0 Å². The van der Waals surface area contributed by atoms with E-state index in [1.54, 1.807) is 6.08 Å². The van der Waals surface area contributed by atoms with Gasteiger partial charge in [-0.2, -0.15) is 0 Å². The Labute approximate surface area is 150 Å². The molecule has 1 aromatic rings. The van der Waals surface area contributed by atoms with E-state index in [0.717, 1.165) is 50.3 Å². The van der Waals surface area contributed by atoms with Crippen molar-refractivity contribution in [3.8, 4) is 0 Å². The van der Waals surface area contributed by atoms with Gasteiger partial charge in [0.1, 0.15) is 0 Å². The maximum Gasteiger partial charge on any atom is 0.253 e. The van der Waals surface area contributed by atoms with Crippen molar-refractivity contribution in [3.05, 3.63) is 47.0 Å². The molecule has 1 saturated heterocycles. The van der Waals surface area contributed by atoms with Crippen LogP contribution in [-0.2, 0) is 11.3 Å². The molecule has 1 fully saturated rings. The number of hydrogen-bond donors (Lipinski definition) is 1. The van der Waals surface area contributed by atoms with Gasteiger partial charge in [-0.3, -0.25) is 9.59 Å². The minimum atomic E-state index is -0.0924. The van der Waals surface area contributed by atoms with Crippen molar-refractivity contribution in [1.29, 1.82) is 0 Å². The topological polar surface area (TPSA) is 52.6 Å². The van der Waals surface area contributed by atoms with E-state index in [-0.39, 0.29) is 11.8 Å². The Hall–Kier alpha value is -2.14. The molecule has 0 radical (unpaired) electrons. The Kier molecular flexibility index (Phi) is 7.19. The lowest BCUT2D eigenvalue weighted by molar-refractivity contribution is -0.116. The minimum absolute atomic E-state index is 0.0924. The fourth-order valence-corrected chi connectivity index (χ4v) is 2.94. The predicted octanol–water partition coefficient (Wildman–Crippen LogP) is 2.44. The van der Waals surface area contributed by atoms with Crippen LogP contribution in [0.5, 0.6) is 0 Å². The molecule has 1 aliphatic heterocycles. The fourth-order valence-electron chi connectivity index (χ4n) is 2.94. The van der Waals surface area contributed by atoms with Gasteiger partial charge in [0.05, 0.1) is 0 Å². The number of nitrogens with one attached hydrogen (secondary N) is 1. The third-order valence-electron chi connectivity index (χ3n) is 4.41. The summed E-state index contributed by atoms with van der Waals surface area (Å²) in [5.74, 6) is 0.00303. The highest BCUT2D eigenvalue weighted by atomic mass is 16.2. The normalized spacial score (nSPS) is 15.4. The Morgan fingerprint density at radius 1 is 1.08 bits per heavy atom. The molecule has 1 aromatic carbocycles. The molecule has 0 bridgehead atoms. The lowest BCUT2D eigenvalue weighted by atomic mass is 10.1. The number of carbonyl (C=O) groups excluding carboxylic acids is 2. The summed E-state index contributed by atoms with van der Waals surface area (Å²) in [4.78, 5) is 28.6. The summed E-state index contributed by atoms with van der Waals surface area (Å²) in [6.07, 6.45) is 2.60. The van der Waals surface area contributed by atoms with Crippen LogP contribution < -0.4 is 5.32 Å². The van der Waals surface area contributed by atoms with Crippen LogP contribution in [0.1, 0.15) is 43.1 Å². The molecule has 0 aliphatic carbocycles. The maximum atomic E-state index is 12.7. The Balaban J connectivity index is 1.91. The van der Waals surface area contributed by atoms with Gasteiger partial charge in [-0.05, 0) is 51.1 Å². The Morgan fingerprint density at radius 2 is 1.80 bits per heavy atom. The zero-order valence-electron chi connectivity index (χ0n) is 15.5. The summed E-state index contributed by atoms with van der Waals surface area (Å²) in [6, 6.07) is 7.53. The molecule has 0 spiro atoms. The van der Waals surface area contributed by atoms with Gasteiger partial charge in [0, 0.05) is 37.8 Å². The summed E-state index contributed by atoms with van der Waals surface area (Å²) in [5, 5.41) is 2.85. The van der Waals surface area contributed by atoms with E-state index >= 15 is 0 Å². The van der Waals surface area contributed by atoms with Crippen LogP contribution in [0.25, 0.3) is 0 Å². The molecule has 1 heterocycles. The minimum Gasteiger partial charge on any atom is -0.348 e. The molecule has 2 rings (SSSR count). The number of hydrogen-bond acceptors (Lipinski definition) is 3. The molecular weight excluding hydrogens is 314 g/mol. The van der Waals surface area contributed by atoms with Crippen LogP contribution >= 0.6 is 0 Å². The zero-order chi connectivity index (χ0) is 18.2. The predicted molar refractivity (Wildman–Crippen MR) is 100 cm³/mol. The summed E-state index contributed by atoms with van der Waals surface area (Å²) in [6.45, 7) is 11.0. The van der Waals surface area contributed by atoms with Gasteiger partial charge >= 0.3 is 0 Å². The maximum absolute atomic E-state index is 12.7. The van der Waals surface area contributed by atoms with E-state index in [9.17, 15) is 9.59 Å². The molecule has 25 heavy (non-hydrogen) atoms. The van der Waals surface area contributed by atoms with Crippen LogP contribution in [0.4, 0.5) is 0 Å². The van der Waals surface area contributed by atoms with Crippen LogP contribution in [0.3, 0.4) is 0 Å². The van der Waals surface area contributed by atoms with Crippen molar-refractivity contribution < 1.29 is 9.59 Å². The van der Waals surface area contributed by atoms with Gasteiger partial charge in [-0.15, -0.1) is 0 Å². The van der Waals surface area contributed by atoms with Crippen LogP contribution in [-0.4, -0.2) is 54.3 Å². The van der Waals surface area contributed by atoms with Gasteiger partial charge in [0.2, 0.25) is 5.91 Å². The monoisotopic (exact) mass is 343 g/mol. The van der Waals surface area contributed by atoms with Crippen LogP contribution in [0.15, 0.2) is 35.9 Å². The van der Waals surface area contributed by atoms with E-state index in [0.29, 0.717) is 12.1 Å². The lowest BCUT2D eigenvalue weighted by Gasteiger charge is -2.21. The van der Waals surface area contributed by atoms with Crippen molar-refractivity contribution in [2.75, 3.05) is 32.7 Å². The van der Waals surface area contributed by atoms with Crippen molar-refractivity contribution in [3.63, 3.8) is 0 Å². The highest BCUT2D eigenvalue weighted by molar-refractivity contribution is 5.94. The number of nitrogens with zero attached hydrogens (tertiary/aromatic N) is 2. The molecule has 5 heteroatoms. The molecular formula is C20H29N3O2. The molecule has 2 amide bonds. The number of amides is 2. The Morgan fingerprint density at radius 3 is 2.44 bits per heavy atom. The SMILES string of the molecule is CCN1CCCN(C(=O)c2ccc(CNC(=O)C=C(C)C)cc2)CC1. The van der Waals surface area contributed by atoms with E-state index in [1.807, 2.05) is 43.0 Å². The van der Waals surface area contributed by atoms with Gasteiger partial charge in [-0.25, -0.2) is 0 Å². The first-order chi connectivity index (χ1) is 12.0. The number of rotatable bonds is 5. The highest BCUT2D eigenvalue weighted by Gasteiger charge is 2.19. The number of allylic oxidation sites excluding steroid dienone is 1. The fraction of sp³-hybridized carbons (Fsp3) is 0.500. The molecule has 0 aromatic heterocycles. The Bertz CT molecular complexity index is 618. The summed E-state index contributed by atoms with van der Waals surface area (Å²) in [7, 11) is 0. The second-order valence-electron chi connectivity index (χ2n) is 6.72. The first-order valence-corrected chi connectivity index (χ1v) is 9.03. The second-order valence-corrected chi connectivity index (χ2v) is 6.72. The van der Waals surface area contributed by atoms with Crippen LogP contribution in [0.2, 0.25) is 0 Å². The van der Waals surface area contributed by atoms with E-state index in [4.69, 9.17) is 0 Å². The largest absolute Gasteiger partial charge is 0.348 e.